The van der Waals surface area contributed by atoms with Crippen molar-refractivity contribution < 1.29 is 14.3 Å². The molecule has 1 aromatic heterocycles. The molecule has 1 heterocycles. The van der Waals surface area contributed by atoms with E-state index in [-0.39, 0.29) is 0 Å². The zero-order chi connectivity index (χ0) is 12.6. The zero-order valence-electron chi connectivity index (χ0n) is 9.24. The molecule has 0 aliphatic rings. The van der Waals surface area contributed by atoms with Crippen molar-refractivity contribution in [3.05, 3.63) is 22.0 Å². The van der Waals surface area contributed by atoms with Crippen LogP contribution in [0.15, 0.2) is 12.1 Å². The molecule has 17 heavy (non-hydrogen) atoms. The summed E-state index contributed by atoms with van der Waals surface area (Å²) in [4.78, 5) is 11.5. The number of fused-ring (bicyclic) bond motifs is 1. The molecule has 0 aliphatic heterocycles. The Balaban J connectivity index is 2.75. The van der Waals surface area contributed by atoms with Crippen LogP contribution in [-0.2, 0) is 0 Å². The first-order chi connectivity index (χ1) is 8.08. The van der Waals surface area contributed by atoms with Gasteiger partial charge in [0.15, 0.2) is 11.5 Å². The van der Waals surface area contributed by atoms with Gasteiger partial charge in [-0.05, 0) is 6.07 Å². The summed E-state index contributed by atoms with van der Waals surface area (Å²) in [5.41, 5.74) is 5.24. The summed E-state index contributed by atoms with van der Waals surface area (Å²) >= 11 is 7.33. The standard InChI is InChI=1S/C11H10ClNO3S/c1-15-6-3-5-8(4-7(6)16-2)17-10(9(5)12)11(13)14/h3-4H,1-2H3,(H2,13,14). The van der Waals surface area contributed by atoms with Crippen LogP contribution < -0.4 is 15.2 Å². The number of thiophene rings is 1. The lowest BCUT2D eigenvalue weighted by Crippen LogP contribution is -2.08. The highest BCUT2D eigenvalue weighted by molar-refractivity contribution is 7.21. The van der Waals surface area contributed by atoms with Crippen molar-refractivity contribution in [2.24, 2.45) is 5.73 Å². The van der Waals surface area contributed by atoms with E-state index < -0.39 is 5.91 Å². The molecule has 0 spiro atoms. The molecule has 2 rings (SSSR count). The highest BCUT2D eigenvalue weighted by Crippen LogP contribution is 2.41. The number of ether oxygens (including phenoxy) is 2. The summed E-state index contributed by atoms with van der Waals surface area (Å²) in [6.07, 6.45) is 0. The molecule has 0 fully saturated rings. The molecule has 0 bridgehead atoms. The van der Waals surface area contributed by atoms with Gasteiger partial charge in [-0.15, -0.1) is 11.3 Å². The molecule has 6 heteroatoms. The topological polar surface area (TPSA) is 61.5 Å². The third kappa shape index (κ3) is 1.92. The first kappa shape index (κ1) is 12.0. The molecule has 0 saturated carbocycles. The van der Waals surface area contributed by atoms with Gasteiger partial charge in [0.05, 0.1) is 19.2 Å². The van der Waals surface area contributed by atoms with Crippen LogP contribution >= 0.6 is 22.9 Å². The van der Waals surface area contributed by atoms with E-state index in [1.807, 2.05) is 0 Å². The zero-order valence-corrected chi connectivity index (χ0v) is 10.8. The van der Waals surface area contributed by atoms with E-state index in [1.165, 1.54) is 11.3 Å². The number of benzene rings is 1. The summed E-state index contributed by atoms with van der Waals surface area (Å²) in [6, 6.07) is 3.51. The molecule has 2 aromatic rings. The van der Waals surface area contributed by atoms with Crippen LogP contribution in [0.1, 0.15) is 9.67 Å². The minimum absolute atomic E-state index is 0.344. The van der Waals surface area contributed by atoms with Gasteiger partial charge in [-0.1, -0.05) is 11.6 Å². The molecule has 1 aromatic carbocycles. The van der Waals surface area contributed by atoms with Gasteiger partial charge in [-0.25, -0.2) is 0 Å². The van der Waals surface area contributed by atoms with Gasteiger partial charge in [0.25, 0.3) is 5.91 Å². The number of primary amides is 1. The SMILES string of the molecule is COc1cc2sc(C(N)=O)c(Cl)c2cc1OC. The highest BCUT2D eigenvalue weighted by Gasteiger charge is 2.17. The van der Waals surface area contributed by atoms with Crippen LogP contribution in [0.4, 0.5) is 0 Å². The normalized spacial score (nSPS) is 10.5. The van der Waals surface area contributed by atoms with E-state index in [9.17, 15) is 4.79 Å². The van der Waals surface area contributed by atoms with Crippen molar-refractivity contribution in [1.29, 1.82) is 0 Å². The van der Waals surface area contributed by atoms with Crippen LogP contribution in [0.5, 0.6) is 11.5 Å². The Bertz CT molecular complexity index is 594. The Hall–Kier alpha value is -1.46. The predicted octanol–water partition coefficient (Wildman–Crippen LogP) is 2.67. The number of hydrogen-bond donors (Lipinski definition) is 1. The lowest BCUT2D eigenvalue weighted by atomic mass is 10.2. The van der Waals surface area contributed by atoms with E-state index in [4.69, 9.17) is 26.8 Å². The predicted molar refractivity (Wildman–Crippen MR) is 68.5 cm³/mol. The summed E-state index contributed by atoms with van der Waals surface area (Å²) in [7, 11) is 3.09. The van der Waals surface area contributed by atoms with Crippen molar-refractivity contribution in [2.45, 2.75) is 0 Å². The largest absolute Gasteiger partial charge is 0.493 e. The van der Waals surface area contributed by atoms with Gasteiger partial charge in [0, 0.05) is 16.2 Å². The van der Waals surface area contributed by atoms with E-state index in [0.29, 0.717) is 21.4 Å². The average molecular weight is 272 g/mol. The summed E-state index contributed by atoms with van der Waals surface area (Å²) in [5, 5.41) is 1.10. The molecule has 4 nitrogen and oxygen atoms in total. The molecule has 2 N–H and O–H groups in total. The fourth-order valence-corrected chi connectivity index (χ4v) is 2.93. The molecule has 90 valence electrons. The van der Waals surface area contributed by atoms with Gasteiger partial charge in [-0.3, -0.25) is 4.79 Å². The van der Waals surface area contributed by atoms with Gasteiger partial charge in [0.1, 0.15) is 4.88 Å². The maximum Gasteiger partial charge on any atom is 0.260 e. The van der Waals surface area contributed by atoms with Crippen molar-refractivity contribution in [3.8, 4) is 11.5 Å². The third-order valence-electron chi connectivity index (χ3n) is 2.36. The Morgan fingerprint density at radius 2 is 1.88 bits per heavy atom. The van der Waals surface area contributed by atoms with Gasteiger partial charge >= 0.3 is 0 Å². The van der Waals surface area contributed by atoms with Crippen molar-refractivity contribution in [1.82, 2.24) is 0 Å². The smallest absolute Gasteiger partial charge is 0.260 e. The number of rotatable bonds is 3. The van der Waals surface area contributed by atoms with E-state index in [0.717, 1.165) is 10.1 Å². The van der Waals surface area contributed by atoms with E-state index in [2.05, 4.69) is 0 Å². The number of carbonyl (C=O) groups is 1. The number of methoxy groups -OCH3 is 2. The van der Waals surface area contributed by atoms with Crippen molar-refractivity contribution in [3.63, 3.8) is 0 Å². The number of carbonyl (C=O) groups excluding carboxylic acids is 1. The van der Waals surface area contributed by atoms with Crippen LogP contribution in [-0.4, -0.2) is 20.1 Å². The highest BCUT2D eigenvalue weighted by atomic mass is 35.5. The summed E-state index contributed by atoms with van der Waals surface area (Å²) < 4.78 is 11.2. The van der Waals surface area contributed by atoms with Crippen LogP contribution in [0, 0.1) is 0 Å². The Morgan fingerprint density at radius 3 is 2.41 bits per heavy atom. The number of hydrogen-bond acceptors (Lipinski definition) is 4. The Labute approximate surface area is 107 Å². The second-order valence-electron chi connectivity index (χ2n) is 3.31. The average Bonchev–Trinajstić information content (AvgIpc) is 2.64. The van der Waals surface area contributed by atoms with Crippen molar-refractivity contribution in [2.75, 3.05) is 14.2 Å². The fourth-order valence-electron chi connectivity index (χ4n) is 1.55. The van der Waals surface area contributed by atoms with E-state index in [1.54, 1.807) is 26.4 Å². The molecule has 0 atom stereocenters. The monoisotopic (exact) mass is 271 g/mol. The van der Waals surface area contributed by atoms with Crippen molar-refractivity contribution >= 4 is 38.9 Å². The van der Waals surface area contributed by atoms with Gasteiger partial charge in [0.2, 0.25) is 0 Å². The maximum atomic E-state index is 11.2. The molecular formula is C11H10ClNO3S. The Kier molecular flexibility index (Phi) is 3.13. The van der Waals surface area contributed by atoms with Gasteiger partial charge in [-0.2, -0.15) is 0 Å². The van der Waals surface area contributed by atoms with Gasteiger partial charge < -0.3 is 15.2 Å². The van der Waals surface area contributed by atoms with Crippen LogP contribution in [0.2, 0.25) is 5.02 Å². The molecule has 0 saturated heterocycles. The van der Waals surface area contributed by atoms with Crippen LogP contribution in [0.25, 0.3) is 10.1 Å². The summed E-state index contributed by atoms with van der Waals surface area (Å²) in [5.74, 6) is 0.624. The first-order valence-corrected chi connectivity index (χ1v) is 5.91. The molecule has 0 aliphatic carbocycles. The second-order valence-corrected chi connectivity index (χ2v) is 4.74. The quantitative estimate of drug-likeness (QED) is 0.934. The molecule has 0 radical (unpaired) electrons. The fraction of sp³-hybridized carbons (Fsp3) is 0.182. The Morgan fingerprint density at radius 1 is 1.29 bits per heavy atom. The van der Waals surface area contributed by atoms with Crippen LogP contribution in [0.3, 0.4) is 0 Å². The first-order valence-electron chi connectivity index (χ1n) is 4.72. The minimum atomic E-state index is -0.533. The summed E-state index contributed by atoms with van der Waals surface area (Å²) in [6.45, 7) is 0. The second kappa shape index (κ2) is 4.43. The molecule has 1 amide bonds. The third-order valence-corrected chi connectivity index (χ3v) is 4.03. The number of amides is 1. The lowest BCUT2D eigenvalue weighted by Gasteiger charge is -2.06. The minimum Gasteiger partial charge on any atom is -0.493 e. The lowest BCUT2D eigenvalue weighted by molar-refractivity contribution is 0.100. The maximum absolute atomic E-state index is 11.2. The number of nitrogens with two attached hydrogens (primary N) is 1. The number of halogens is 1. The molecule has 0 unspecified atom stereocenters. The molecular weight excluding hydrogens is 262 g/mol. The van der Waals surface area contributed by atoms with E-state index >= 15 is 0 Å².